The molecule has 0 heterocycles. The van der Waals surface area contributed by atoms with E-state index in [0.717, 1.165) is 4.90 Å². The van der Waals surface area contributed by atoms with Gasteiger partial charge in [-0.1, -0.05) is 13.8 Å². The Hall–Kier alpha value is -2.32. The number of nitrogens with one attached hydrogen (secondary N) is 1. The molecule has 0 fully saturated rings. The van der Waals surface area contributed by atoms with Gasteiger partial charge in [-0.25, -0.2) is 9.59 Å². The molecule has 0 aromatic carbocycles. The maximum atomic E-state index is 12.0. The van der Waals surface area contributed by atoms with Gasteiger partial charge in [0.25, 0.3) is 0 Å². The van der Waals surface area contributed by atoms with Crippen molar-refractivity contribution in [2.75, 3.05) is 13.1 Å². The van der Waals surface area contributed by atoms with E-state index in [0.29, 0.717) is 0 Å². The van der Waals surface area contributed by atoms with Crippen molar-refractivity contribution in [3.8, 4) is 0 Å². The van der Waals surface area contributed by atoms with E-state index >= 15 is 0 Å². The highest BCUT2D eigenvalue weighted by Crippen LogP contribution is 2.16. The highest BCUT2D eigenvalue weighted by atomic mass is 16.4. The SMILES string of the molecule is CCC(CC)(NC(=O)N(CC(N)=O)CC(N)=O)C(=O)O. The summed E-state index contributed by atoms with van der Waals surface area (Å²) in [7, 11) is 0. The van der Waals surface area contributed by atoms with Gasteiger partial charge in [0.2, 0.25) is 11.8 Å². The largest absolute Gasteiger partial charge is 0.480 e. The number of carbonyl (C=O) groups is 4. The normalized spacial score (nSPS) is 10.7. The van der Waals surface area contributed by atoms with Crippen LogP contribution in [0, 0.1) is 0 Å². The summed E-state index contributed by atoms with van der Waals surface area (Å²) in [6.07, 6.45) is 0.289. The van der Waals surface area contributed by atoms with Crippen LogP contribution >= 0.6 is 0 Å². The predicted octanol–water partition coefficient (Wildman–Crippen LogP) is -1.39. The number of aliphatic carboxylic acids is 1. The molecule has 0 spiro atoms. The van der Waals surface area contributed by atoms with E-state index in [1.807, 2.05) is 0 Å². The fraction of sp³-hybridized carbons (Fsp3) is 0.636. The van der Waals surface area contributed by atoms with E-state index in [1.165, 1.54) is 0 Å². The summed E-state index contributed by atoms with van der Waals surface area (Å²) in [5.41, 5.74) is 8.47. The molecule has 0 rings (SSSR count). The van der Waals surface area contributed by atoms with Gasteiger partial charge in [-0.15, -0.1) is 0 Å². The molecule has 4 amide bonds. The quantitative estimate of drug-likeness (QED) is 0.432. The van der Waals surface area contributed by atoms with Crippen LogP contribution in [-0.4, -0.2) is 52.4 Å². The number of carboxylic acids is 1. The van der Waals surface area contributed by atoms with Crippen LogP contribution in [0.25, 0.3) is 0 Å². The van der Waals surface area contributed by atoms with E-state index in [9.17, 15) is 24.3 Å². The van der Waals surface area contributed by atoms with Crippen LogP contribution in [0.5, 0.6) is 0 Å². The number of nitrogens with zero attached hydrogens (tertiary/aromatic N) is 1. The molecular formula is C11H20N4O5. The average molecular weight is 288 g/mol. The number of hydrogen-bond acceptors (Lipinski definition) is 4. The highest BCUT2D eigenvalue weighted by molar-refractivity contribution is 5.90. The number of nitrogens with two attached hydrogens (primary N) is 2. The van der Waals surface area contributed by atoms with Crippen LogP contribution in [-0.2, 0) is 14.4 Å². The summed E-state index contributed by atoms with van der Waals surface area (Å²) in [5, 5.41) is 11.5. The lowest BCUT2D eigenvalue weighted by molar-refractivity contribution is -0.144. The molecule has 0 saturated heterocycles. The minimum absolute atomic E-state index is 0.144. The Morgan fingerprint density at radius 1 is 1.05 bits per heavy atom. The topological polar surface area (TPSA) is 156 Å². The van der Waals surface area contributed by atoms with E-state index in [-0.39, 0.29) is 12.8 Å². The Morgan fingerprint density at radius 3 is 1.70 bits per heavy atom. The van der Waals surface area contributed by atoms with Gasteiger partial charge in [0.1, 0.15) is 18.6 Å². The van der Waals surface area contributed by atoms with Gasteiger partial charge in [0.15, 0.2) is 0 Å². The lowest BCUT2D eigenvalue weighted by Gasteiger charge is -2.31. The zero-order valence-corrected chi connectivity index (χ0v) is 11.5. The molecular weight excluding hydrogens is 268 g/mol. The zero-order valence-electron chi connectivity index (χ0n) is 11.5. The van der Waals surface area contributed by atoms with E-state index in [1.54, 1.807) is 13.8 Å². The second kappa shape index (κ2) is 7.31. The first kappa shape index (κ1) is 17.7. The Morgan fingerprint density at radius 2 is 1.45 bits per heavy atom. The molecule has 0 saturated carbocycles. The molecule has 20 heavy (non-hydrogen) atoms. The van der Waals surface area contributed by atoms with E-state index < -0.39 is 42.4 Å². The molecule has 0 atom stereocenters. The third kappa shape index (κ3) is 4.75. The molecule has 0 bridgehead atoms. The first-order chi connectivity index (χ1) is 9.18. The highest BCUT2D eigenvalue weighted by Gasteiger charge is 2.37. The maximum Gasteiger partial charge on any atom is 0.329 e. The van der Waals surface area contributed by atoms with E-state index in [2.05, 4.69) is 5.32 Å². The Balaban J connectivity index is 5.10. The monoisotopic (exact) mass is 288 g/mol. The third-order valence-corrected chi connectivity index (χ3v) is 2.94. The van der Waals surface area contributed by atoms with Crippen LogP contribution in [0.3, 0.4) is 0 Å². The molecule has 0 aliphatic heterocycles. The van der Waals surface area contributed by atoms with Crippen molar-refractivity contribution in [1.29, 1.82) is 0 Å². The molecule has 0 radical (unpaired) electrons. The molecule has 9 heteroatoms. The van der Waals surface area contributed by atoms with Crippen LogP contribution in [0.15, 0.2) is 0 Å². The molecule has 0 unspecified atom stereocenters. The fourth-order valence-corrected chi connectivity index (χ4v) is 1.64. The minimum atomic E-state index is -1.47. The van der Waals surface area contributed by atoms with Crippen LogP contribution in [0.4, 0.5) is 4.79 Å². The number of primary amides is 2. The Labute approximate surface area is 116 Å². The standard InChI is InChI=1S/C11H20N4O5/c1-3-11(4-2,9(18)19)14-10(20)15(5-7(12)16)6-8(13)17/h3-6H2,1-2H3,(H2,12,16)(H2,13,17)(H,14,20)(H,18,19). The van der Waals surface area contributed by atoms with Crippen molar-refractivity contribution in [1.82, 2.24) is 10.2 Å². The zero-order chi connectivity index (χ0) is 15.9. The third-order valence-electron chi connectivity index (χ3n) is 2.94. The molecule has 0 aliphatic rings. The van der Waals surface area contributed by atoms with Crippen LogP contribution in [0.2, 0.25) is 0 Å². The average Bonchev–Trinajstić information content (AvgIpc) is 2.33. The van der Waals surface area contributed by atoms with E-state index in [4.69, 9.17) is 11.5 Å². The predicted molar refractivity (Wildman–Crippen MR) is 69.4 cm³/mol. The number of rotatable bonds is 8. The summed E-state index contributed by atoms with van der Waals surface area (Å²) in [6, 6.07) is -0.881. The number of carbonyl (C=O) groups excluding carboxylic acids is 3. The number of urea groups is 1. The van der Waals surface area contributed by atoms with Crippen LogP contribution in [0.1, 0.15) is 26.7 Å². The maximum absolute atomic E-state index is 12.0. The first-order valence-corrected chi connectivity index (χ1v) is 6.05. The number of amides is 4. The van der Waals surface area contributed by atoms with Crippen molar-refractivity contribution >= 4 is 23.8 Å². The molecule has 9 nitrogen and oxygen atoms in total. The minimum Gasteiger partial charge on any atom is -0.480 e. The van der Waals surface area contributed by atoms with Crippen LogP contribution < -0.4 is 16.8 Å². The van der Waals surface area contributed by atoms with Gasteiger partial charge in [0.05, 0.1) is 0 Å². The van der Waals surface area contributed by atoms with Crippen molar-refractivity contribution in [3.63, 3.8) is 0 Å². The Kier molecular flexibility index (Phi) is 6.47. The van der Waals surface area contributed by atoms with Gasteiger partial charge in [-0.3, -0.25) is 9.59 Å². The van der Waals surface area contributed by atoms with Crippen molar-refractivity contribution in [3.05, 3.63) is 0 Å². The molecule has 0 aromatic rings. The summed E-state index contributed by atoms with van der Waals surface area (Å²) in [4.78, 5) is 45.8. The van der Waals surface area contributed by atoms with Gasteiger partial charge < -0.3 is 26.8 Å². The summed E-state index contributed by atoms with van der Waals surface area (Å²) < 4.78 is 0. The lowest BCUT2D eigenvalue weighted by Crippen LogP contribution is -2.59. The van der Waals surface area contributed by atoms with Gasteiger partial charge in [0, 0.05) is 0 Å². The van der Waals surface area contributed by atoms with Crippen molar-refractivity contribution < 1.29 is 24.3 Å². The summed E-state index contributed by atoms with van der Waals surface area (Å²) in [5.74, 6) is -2.88. The number of carboxylic acid groups (broad SMARTS) is 1. The van der Waals surface area contributed by atoms with Crippen molar-refractivity contribution in [2.45, 2.75) is 32.2 Å². The van der Waals surface area contributed by atoms with Gasteiger partial charge in [-0.2, -0.15) is 0 Å². The second-order valence-corrected chi connectivity index (χ2v) is 4.31. The van der Waals surface area contributed by atoms with Crippen molar-refractivity contribution in [2.24, 2.45) is 11.5 Å². The lowest BCUT2D eigenvalue weighted by atomic mass is 9.93. The molecule has 0 aliphatic carbocycles. The van der Waals surface area contributed by atoms with Gasteiger partial charge in [-0.05, 0) is 12.8 Å². The Bertz CT molecular complexity index is 390. The smallest absolute Gasteiger partial charge is 0.329 e. The molecule has 0 aromatic heterocycles. The summed E-state index contributed by atoms with van der Waals surface area (Å²) in [6.45, 7) is 2.14. The molecule has 114 valence electrons. The second-order valence-electron chi connectivity index (χ2n) is 4.31. The first-order valence-electron chi connectivity index (χ1n) is 6.05. The number of hydrogen-bond donors (Lipinski definition) is 4. The molecule has 6 N–H and O–H groups in total. The fourth-order valence-electron chi connectivity index (χ4n) is 1.64. The van der Waals surface area contributed by atoms with Gasteiger partial charge >= 0.3 is 12.0 Å². The summed E-state index contributed by atoms with van der Waals surface area (Å²) >= 11 is 0.